The largest absolute Gasteiger partial charge is 0.496 e. The normalized spacial score (nSPS) is 18.1. The third-order valence-electron chi connectivity index (χ3n) is 2.70. The van der Waals surface area contributed by atoms with E-state index in [0.29, 0.717) is 6.42 Å². The molecule has 1 aromatic carbocycles. The molecule has 0 fully saturated rings. The molecular formula is C11H13NO3. The number of carboxylic acid groups (broad SMARTS) is 1. The highest BCUT2D eigenvalue weighted by molar-refractivity contribution is 5.82. The van der Waals surface area contributed by atoms with Gasteiger partial charge in [-0.15, -0.1) is 0 Å². The highest BCUT2D eigenvalue weighted by Crippen LogP contribution is 2.35. The molecule has 1 heterocycles. The van der Waals surface area contributed by atoms with E-state index in [0.717, 1.165) is 22.6 Å². The third kappa shape index (κ3) is 1.52. The molecule has 4 heteroatoms. The maximum absolute atomic E-state index is 10.9. The van der Waals surface area contributed by atoms with E-state index in [-0.39, 0.29) is 0 Å². The molecule has 1 unspecified atom stereocenters. The summed E-state index contributed by atoms with van der Waals surface area (Å²) in [7, 11) is 1.61. The maximum Gasteiger partial charge on any atom is 0.326 e. The predicted molar refractivity (Wildman–Crippen MR) is 56.5 cm³/mol. The second-order valence-electron chi connectivity index (χ2n) is 3.68. The molecule has 4 nitrogen and oxygen atoms in total. The minimum Gasteiger partial charge on any atom is -0.496 e. The summed E-state index contributed by atoms with van der Waals surface area (Å²) < 4.78 is 5.28. The van der Waals surface area contributed by atoms with Crippen molar-refractivity contribution in [2.45, 2.75) is 19.4 Å². The zero-order valence-corrected chi connectivity index (χ0v) is 8.70. The monoisotopic (exact) mass is 207 g/mol. The second-order valence-corrected chi connectivity index (χ2v) is 3.68. The summed E-state index contributed by atoms with van der Waals surface area (Å²) in [6.07, 6.45) is 0.482. The van der Waals surface area contributed by atoms with Crippen molar-refractivity contribution < 1.29 is 14.6 Å². The SMILES string of the molecule is COc1c(C)ccc2c1CC(C(=O)O)N2. The number of ether oxygens (including phenoxy) is 1. The van der Waals surface area contributed by atoms with E-state index in [1.54, 1.807) is 7.11 Å². The number of aryl methyl sites for hydroxylation is 1. The Labute approximate surface area is 87.9 Å². The van der Waals surface area contributed by atoms with Gasteiger partial charge in [-0.3, -0.25) is 0 Å². The van der Waals surface area contributed by atoms with Crippen LogP contribution in [0.3, 0.4) is 0 Å². The van der Waals surface area contributed by atoms with Crippen LogP contribution in [0.1, 0.15) is 11.1 Å². The first-order chi connectivity index (χ1) is 7.13. The molecule has 2 rings (SSSR count). The topological polar surface area (TPSA) is 58.6 Å². The Morgan fingerprint density at radius 1 is 1.60 bits per heavy atom. The van der Waals surface area contributed by atoms with E-state index in [1.165, 1.54) is 0 Å². The maximum atomic E-state index is 10.9. The van der Waals surface area contributed by atoms with E-state index in [2.05, 4.69) is 5.32 Å². The molecule has 0 saturated heterocycles. The first-order valence-electron chi connectivity index (χ1n) is 4.79. The molecule has 80 valence electrons. The molecule has 1 aromatic rings. The molecule has 15 heavy (non-hydrogen) atoms. The van der Waals surface area contributed by atoms with Gasteiger partial charge in [-0.05, 0) is 18.6 Å². The molecule has 1 atom stereocenters. The van der Waals surface area contributed by atoms with E-state index < -0.39 is 12.0 Å². The van der Waals surface area contributed by atoms with Gasteiger partial charge in [-0.25, -0.2) is 4.79 Å². The number of benzene rings is 1. The number of methoxy groups -OCH3 is 1. The summed E-state index contributed by atoms with van der Waals surface area (Å²) in [5.74, 6) is -0.0327. The number of hydrogen-bond donors (Lipinski definition) is 2. The number of hydrogen-bond acceptors (Lipinski definition) is 3. The molecule has 2 N–H and O–H groups in total. The lowest BCUT2D eigenvalue weighted by Crippen LogP contribution is -2.26. The first kappa shape index (κ1) is 9.83. The van der Waals surface area contributed by atoms with Crippen molar-refractivity contribution in [3.05, 3.63) is 23.3 Å². The van der Waals surface area contributed by atoms with Gasteiger partial charge in [-0.1, -0.05) is 6.07 Å². The summed E-state index contributed by atoms with van der Waals surface area (Å²) in [6, 6.07) is 3.29. The number of anilines is 1. The van der Waals surface area contributed by atoms with Gasteiger partial charge in [0.25, 0.3) is 0 Å². The molecule has 0 aromatic heterocycles. The molecular weight excluding hydrogens is 194 g/mol. The number of fused-ring (bicyclic) bond motifs is 1. The van der Waals surface area contributed by atoms with Crippen LogP contribution in [0.5, 0.6) is 5.75 Å². The third-order valence-corrected chi connectivity index (χ3v) is 2.70. The van der Waals surface area contributed by atoms with Gasteiger partial charge < -0.3 is 15.2 Å². The van der Waals surface area contributed by atoms with Crippen molar-refractivity contribution in [3.8, 4) is 5.75 Å². The van der Waals surface area contributed by atoms with Crippen molar-refractivity contribution in [1.29, 1.82) is 0 Å². The van der Waals surface area contributed by atoms with E-state index in [4.69, 9.17) is 9.84 Å². The van der Waals surface area contributed by atoms with Crippen LogP contribution < -0.4 is 10.1 Å². The molecule has 0 spiro atoms. The summed E-state index contributed by atoms with van der Waals surface area (Å²) in [4.78, 5) is 10.9. The van der Waals surface area contributed by atoms with Crippen molar-refractivity contribution in [1.82, 2.24) is 0 Å². The number of carbonyl (C=O) groups is 1. The van der Waals surface area contributed by atoms with Crippen molar-refractivity contribution in [2.24, 2.45) is 0 Å². The first-order valence-corrected chi connectivity index (χ1v) is 4.79. The molecule has 0 bridgehead atoms. The Morgan fingerprint density at radius 2 is 2.33 bits per heavy atom. The fraction of sp³-hybridized carbons (Fsp3) is 0.364. The number of rotatable bonds is 2. The van der Waals surface area contributed by atoms with Gasteiger partial charge in [0.15, 0.2) is 0 Å². The van der Waals surface area contributed by atoms with Gasteiger partial charge >= 0.3 is 5.97 Å². The summed E-state index contributed by atoms with van der Waals surface area (Å²) in [5.41, 5.74) is 2.86. The lowest BCUT2D eigenvalue weighted by atomic mass is 10.1. The molecule has 0 aliphatic carbocycles. The zero-order chi connectivity index (χ0) is 11.0. The Balaban J connectivity index is 2.41. The molecule has 1 aliphatic rings. The average molecular weight is 207 g/mol. The minimum absolute atomic E-state index is 0.482. The van der Waals surface area contributed by atoms with Gasteiger partial charge in [0.2, 0.25) is 0 Å². The van der Waals surface area contributed by atoms with Crippen molar-refractivity contribution >= 4 is 11.7 Å². The van der Waals surface area contributed by atoms with Crippen molar-refractivity contribution in [3.63, 3.8) is 0 Å². The fourth-order valence-electron chi connectivity index (χ4n) is 1.96. The van der Waals surface area contributed by atoms with Gasteiger partial charge in [0.05, 0.1) is 7.11 Å². The number of nitrogens with one attached hydrogen (secondary N) is 1. The predicted octanol–water partition coefficient (Wildman–Crippen LogP) is 1.42. The molecule has 0 radical (unpaired) electrons. The van der Waals surface area contributed by atoms with Crippen LogP contribution in [0, 0.1) is 6.92 Å². The number of carboxylic acids is 1. The standard InChI is InChI=1S/C11H13NO3/c1-6-3-4-8-7(10(6)15-2)5-9(12-8)11(13)14/h3-4,9,12H,5H2,1-2H3,(H,13,14). The van der Waals surface area contributed by atoms with Crippen LogP contribution in [-0.4, -0.2) is 24.2 Å². The highest BCUT2D eigenvalue weighted by Gasteiger charge is 2.29. The Morgan fingerprint density at radius 3 is 2.93 bits per heavy atom. The quantitative estimate of drug-likeness (QED) is 0.770. The summed E-state index contributed by atoms with van der Waals surface area (Å²) in [6.45, 7) is 1.95. The average Bonchev–Trinajstić information content (AvgIpc) is 2.61. The van der Waals surface area contributed by atoms with Crippen molar-refractivity contribution in [2.75, 3.05) is 12.4 Å². The van der Waals surface area contributed by atoms with Crippen LogP contribution in [-0.2, 0) is 11.2 Å². The van der Waals surface area contributed by atoms with Crippen LogP contribution in [0.15, 0.2) is 12.1 Å². The highest BCUT2D eigenvalue weighted by atomic mass is 16.5. The van der Waals surface area contributed by atoms with Gasteiger partial charge in [0, 0.05) is 17.7 Å². The smallest absolute Gasteiger partial charge is 0.326 e. The Bertz CT molecular complexity index is 415. The van der Waals surface area contributed by atoms with E-state index in [1.807, 2.05) is 19.1 Å². The molecule has 1 aliphatic heterocycles. The second kappa shape index (κ2) is 3.46. The zero-order valence-electron chi connectivity index (χ0n) is 8.70. The van der Waals surface area contributed by atoms with E-state index >= 15 is 0 Å². The van der Waals surface area contributed by atoms with Crippen LogP contribution in [0.4, 0.5) is 5.69 Å². The van der Waals surface area contributed by atoms with Gasteiger partial charge in [-0.2, -0.15) is 0 Å². The van der Waals surface area contributed by atoms with Gasteiger partial charge in [0.1, 0.15) is 11.8 Å². The minimum atomic E-state index is -0.828. The summed E-state index contributed by atoms with van der Waals surface area (Å²) >= 11 is 0. The van der Waals surface area contributed by atoms with Crippen LogP contribution in [0.2, 0.25) is 0 Å². The van der Waals surface area contributed by atoms with E-state index in [9.17, 15) is 4.79 Å². The Hall–Kier alpha value is -1.71. The van der Waals surface area contributed by atoms with Crippen LogP contribution >= 0.6 is 0 Å². The fourth-order valence-corrected chi connectivity index (χ4v) is 1.96. The summed E-state index contributed by atoms with van der Waals surface area (Å²) in [5, 5.41) is 11.9. The van der Waals surface area contributed by atoms with Crippen LogP contribution in [0.25, 0.3) is 0 Å². The number of aliphatic carboxylic acids is 1. The lowest BCUT2D eigenvalue weighted by Gasteiger charge is -2.09. The lowest BCUT2D eigenvalue weighted by molar-refractivity contribution is -0.137. The Kier molecular flexibility index (Phi) is 2.26. The molecule has 0 saturated carbocycles. The molecule has 0 amide bonds.